The molecule has 0 saturated carbocycles. The van der Waals surface area contributed by atoms with Gasteiger partial charge in [0.25, 0.3) is 0 Å². The summed E-state index contributed by atoms with van der Waals surface area (Å²) in [6.45, 7) is 0.423. The number of hydrogen-bond donors (Lipinski definition) is 1. The van der Waals surface area contributed by atoms with Gasteiger partial charge in [-0.1, -0.05) is 30.3 Å². The number of H-pyrrole nitrogens is 1. The van der Waals surface area contributed by atoms with Crippen molar-refractivity contribution in [2.24, 2.45) is 0 Å². The van der Waals surface area contributed by atoms with Gasteiger partial charge in [0.1, 0.15) is 5.82 Å². The number of hydrogen-bond acceptors (Lipinski definition) is 5. The second-order valence-corrected chi connectivity index (χ2v) is 6.32. The third kappa shape index (κ3) is 3.87. The highest BCUT2D eigenvalue weighted by atomic mass is 16.4. The Bertz CT molecular complexity index is 1020. The number of aromatic nitrogens is 4. The largest absolute Gasteiger partial charge is 0.421 e. The van der Waals surface area contributed by atoms with Gasteiger partial charge >= 0.3 is 0 Å². The van der Waals surface area contributed by atoms with E-state index >= 15 is 0 Å². The Morgan fingerprint density at radius 1 is 1.07 bits per heavy atom. The van der Waals surface area contributed by atoms with E-state index in [0.717, 1.165) is 22.4 Å². The summed E-state index contributed by atoms with van der Waals surface area (Å²) in [7, 11) is 1.76. The summed E-state index contributed by atoms with van der Waals surface area (Å²) in [5.74, 6) is 1.68. The number of carbonyl (C=O) groups is 1. The van der Waals surface area contributed by atoms with Crippen molar-refractivity contribution in [2.75, 3.05) is 7.05 Å². The van der Waals surface area contributed by atoms with E-state index in [9.17, 15) is 4.79 Å². The average molecular weight is 361 g/mol. The van der Waals surface area contributed by atoms with Crippen LogP contribution in [0.3, 0.4) is 0 Å². The summed E-state index contributed by atoms with van der Waals surface area (Å²) < 4.78 is 5.65. The van der Waals surface area contributed by atoms with Crippen LogP contribution in [0.25, 0.3) is 22.5 Å². The molecule has 0 saturated heterocycles. The van der Waals surface area contributed by atoms with E-state index in [-0.39, 0.29) is 5.91 Å². The van der Waals surface area contributed by atoms with Crippen molar-refractivity contribution in [1.82, 2.24) is 25.1 Å². The highest BCUT2D eigenvalue weighted by molar-refractivity contribution is 5.77. The standard InChI is InChI=1S/C20H19N5O2/c1-25(13-17-21-15-9-5-6-10-16(15)22-17)19(26)12-11-18-23-24-20(27-18)14-7-3-2-4-8-14/h2-10H,11-13H2,1H3,(H,21,22). The zero-order valence-corrected chi connectivity index (χ0v) is 14.9. The number of carbonyl (C=O) groups excluding carboxylic acids is 1. The number of benzene rings is 2. The average Bonchev–Trinajstić information content (AvgIpc) is 3.33. The van der Waals surface area contributed by atoms with Crippen molar-refractivity contribution in [3.8, 4) is 11.5 Å². The number of nitrogens with zero attached hydrogens (tertiary/aromatic N) is 4. The van der Waals surface area contributed by atoms with Crippen LogP contribution in [-0.4, -0.2) is 38.0 Å². The number of nitrogens with one attached hydrogen (secondary N) is 1. The molecule has 0 aliphatic heterocycles. The van der Waals surface area contributed by atoms with Crippen LogP contribution in [0, 0.1) is 0 Å². The van der Waals surface area contributed by atoms with Crippen molar-refractivity contribution in [2.45, 2.75) is 19.4 Å². The molecule has 4 aromatic rings. The first-order chi connectivity index (χ1) is 13.2. The van der Waals surface area contributed by atoms with Crippen molar-refractivity contribution >= 4 is 16.9 Å². The monoisotopic (exact) mass is 361 g/mol. The van der Waals surface area contributed by atoms with Crippen molar-refractivity contribution in [3.05, 3.63) is 66.3 Å². The van der Waals surface area contributed by atoms with E-state index in [2.05, 4.69) is 20.2 Å². The predicted octanol–water partition coefficient (Wildman–Crippen LogP) is 3.20. The van der Waals surface area contributed by atoms with Gasteiger partial charge in [-0.15, -0.1) is 10.2 Å². The smallest absolute Gasteiger partial charge is 0.247 e. The molecule has 0 bridgehead atoms. The molecule has 0 fully saturated rings. The lowest BCUT2D eigenvalue weighted by molar-refractivity contribution is -0.130. The first kappa shape index (κ1) is 17.0. The number of fused-ring (bicyclic) bond motifs is 1. The Hall–Kier alpha value is -3.48. The number of aromatic amines is 1. The van der Waals surface area contributed by atoms with Gasteiger partial charge in [0, 0.05) is 25.5 Å². The molecule has 136 valence electrons. The Balaban J connectivity index is 1.34. The highest BCUT2D eigenvalue weighted by Gasteiger charge is 2.14. The summed E-state index contributed by atoms with van der Waals surface area (Å²) in [6.07, 6.45) is 0.705. The van der Waals surface area contributed by atoms with E-state index in [1.807, 2.05) is 54.6 Å². The van der Waals surface area contributed by atoms with Crippen LogP contribution in [0.5, 0.6) is 0 Å². The topological polar surface area (TPSA) is 87.9 Å². The minimum Gasteiger partial charge on any atom is -0.421 e. The molecule has 1 amide bonds. The zero-order valence-electron chi connectivity index (χ0n) is 14.9. The van der Waals surface area contributed by atoms with Gasteiger partial charge in [-0.2, -0.15) is 0 Å². The third-order valence-corrected chi connectivity index (χ3v) is 4.29. The molecule has 0 atom stereocenters. The van der Waals surface area contributed by atoms with Crippen LogP contribution in [0.2, 0.25) is 0 Å². The highest BCUT2D eigenvalue weighted by Crippen LogP contribution is 2.18. The maximum Gasteiger partial charge on any atom is 0.247 e. The van der Waals surface area contributed by atoms with Crippen LogP contribution in [0.1, 0.15) is 18.1 Å². The Morgan fingerprint density at radius 3 is 2.67 bits per heavy atom. The fourth-order valence-electron chi connectivity index (χ4n) is 2.85. The summed E-state index contributed by atoms with van der Waals surface area (Å²) in [4.78, 5) is 21.8. The Morgan fingerprint density at radius 2 is 1.85 bits per heavy atom. The van der Waals surface area contributed by atoms with Crippen LogP contribution < -0.4 is 0 Å². The van der Waals surface area contributed by atoms with Crippen LogP contribution in [0.15, 0.2) is 59.0 Å². The molecule has 0 radical (unpaired) electrons. The van der Waals surface area contributed by atoms with Crippen molar-refractivity contribution in [3.63, 3.8) is 0 Å². The summed E-state index contributed by atoms with van der Waals surface area (Å²) in [5.41, 5.74) is 2.73. The molecule has 4 rings (SSSR count). The number of aryl methyl sites for hydroxylation is 1. The number of imidazole rings is 1. The van der Waals surface area contributed by atoms with Crippen LogP contribution in [0.4, 0.5) is 0 Å². The maximum atomic E-state index is 12.4. The van der Waals surface area contributed by atoms with E-state index in [1.165, 1.54) is 0 Å². The SMILES string of the molecule is CN(Cc1nc2ccccc2[nH]1)C(=O)CCc1nnc(-c2ccccc2)o1. The van der Waals surface area contributed by atoms with E-state index in [1.54, 1.807) is 11.9 Å². The Kier molecular flexibility index (Phi) is 4.65. The fourth-order valence-corrected chi connectivity index (χ4v) is 2.85. The van der Waals surface area contributed by atoms with E-state index in [0.29, 0.717) is 31.2 Å². The maximum absolute atomic E-state index is 12.4. The van der Waals surface area contributed by atoms with Crippen molar-refractivity contribution < 1.29 is 9.21 Å². The number of amides is 1. The van der Waals surface area contributed by atoms with E-state index in [4.69, 9.17) is 4.42 Å². The Labute approximate surface area is 156 Å². The molecule has 0 spiro atoms. The summed E-state index contributed by atoms with van der Waals surface area (Å²) >= 11 is 0. The lowest BCUT2D eigenvalue weighted by Gasteiger charge is -2.15. The third-order valence-electron chi connectivity index (χ3n) is 4.29. The van der Waals surface area contributed by atoms with Gasteiger partial charge in [0.15, 0.2) is 0 Å². The van der Waals surface area contributed by atoms with Gasteiger partial charge in [0.2, 0.25) is 17.7 Å². The summed E-state index contributed by atoms with van der Waals surface area (Å²) in [6, 6.07) is 17.4. The van der Waals surface area contributed by atoms with Gasteiger partial charge in [-0.3, -0.25) is 4.79 Å². The van der Waals surface area contributed by atoms with Gasteiger partial charge < -0.3 is 14.3 Å². The quantitative estimate of drug-likeness (QED) is 0.570. The lowest BCUT2D eigenvalue weighted by Crippen LogP contribution is -2.26. The van der Waals surface area contributed by atoms with Gasteiger partial charge in [-0.25, -0.2) is 4.98 Å². The normalized spacial score (nSPS) is 11.0. The molecule has 7 nitrogen and oxygen atoms in total. The minimum atomic E-state index is -0.00471. The predicted molar refractivity (Wildman–Crippen MR) is 101 cm³/mol. The first-order valence-corrected chi connectivity index (χ1v) is 8.74. The van der Waals surface area contributed by atoms with Crippen molar-refractivity contribution in [1.29, 1.82) is 0 Å². The molecule has 0 aliphatic carbocycles. The first-order valence-electron chi connectivity index (χ1n) is 8.74. The molecule has 2 aromatic heterocycles. The summed E-state index contributed by atoms with van der Waals surface area (Å²) in [5, 5.41) is 8.08. The molecule has 7 heteroatoms. The second kappa shape index (κ2) is 7.41. The number of rotatable bonds is 6. The van der Waals surface area contributed by atoms with Crippen LogP contribution >= 0.6 is 0 Å². The molecule has 0 unspecified atom stereocenters. The molecule has 1 N–H and O–H groups in total. The number of para-hydroxylation sites is 2. The van der Waals surface area contributed by atoms with E-state index < -0.39 is 0 Å². The molecule has 2 heterocycles. The van der Waals surface area contributed by atoms with Crippen LogP contribution in [-0.2, 0) is 17.8 Å². The molecular weight excluding hydrogens is 342 g/mol. The minimum absolute atomic E-state index is 0.00471. The zero-order chi connectivity index (χ0) is 18.6. The molecular formula is C20H19N5O2. The lowest BCUT2D eigenvalue weighted by atomic mass is 10.2. The molecule has 0 aliphatic rings. The van der Waals surface area contributed by atoms with Gasteiger partial charge in [0.05, 0.1) is 17.6 Å². The molecule has 2 aromatic carbocycles. The second-order valence-electron chi connectivity index (χ2n) is 6.32. The fraction of sp³-hybridized carbons (Fsp3) is 0.200. The molecule has 27 heavy (non-hydrogen) atoms. The van der Waals surface area contributed by atoms with Gasteiger partial charge in [-0.05, 0) is 24.3 Å².